The zero-order valence-corrected chi connectivity index (χ0v) is 15.7. The number of hydrogen-bond acceptors (Lipinski definition) is 3. The first-order valence-corrected chi connectivity index (χ1v) is 8.77. The summed E-state index contributed by atoms with van der Waals surface area (Å²) in [6.45, 7) is 3.13. The fourth-order valence-corrected chi connectivity index (χ4v) is 3.00. The molecule has 1 heterocycles. The van der Waals surface area contributed by atoms with E-state index in [-0.39, 0.29) is 18.1 Å². The highest BCUT2D eigenvalue weighted by atomic mass is 19.4. The molecule has 150 valence electrons. The van der Waals surface area contributed by atoms with Crippen LogP contribution in [0, 0.1) is 13.8 Å². The fourth-order valence-electron chi connectivity index (χ4n) is 3.00. The van der Waals surface area contributed by atoms with E-state index in [1.54, 1.807) is 38.1 Å². The molecule has 0 saturated heterocycles. The quantitative estimate of drug-likeness (QED) is 0.694. The summed E-state index contributed by atoms with van der Waals surface area (Å²) in [4.78, 5) is 31.2. The largest absolute Gasteiger partial charge is 0.416 e. The van der Waals surface area contributed by atoms with E-state index in [0.29, 0.717) is 22.3 Å². The van der Waals surface area contributed by atoms with Crippen LogP contribution in [0.15, 0.2) is 53.3 Å². The molecule has 1 aromatic heterocycles. The van der Waals surface area contributed by atoms with Crippen LogP contribution in [0.1, 0.15) is 32.7 Å². The van der Waals surface area contributed by atoms with Gasteiger partial charge in [0.2, 0.25) is 0 Å². The second-order valence-electron chi connectivity index (χ2n) is 6.61. The van der Waals surface area contributed by atoms with E-state index in [1.807, 2.05) is 6.07 Å². The average molecular weight is 401 g/mol. The number of aromatic nitrogens is 2. The Balaban J connectivity index is 1.82. The molecule has 1 amide bonds. The smallest absolute Gasteiger partial charge is 0.347 e. The Hall–Kier alpha value is -3.42. The number of aromatic amines is 1. The van der Waals surface area contributed by atoms with Gasteiger partial charge in [0.15, 0.2) is 0 Å². The van der Waals surface area contributed by atoms with Crippen LogP contribution in [-0.2, 0) is 12.7 Å². The molecular weight excluding hydrogens is 383 g/mol. The highest BCUT2D eigenvalue weighted by molar-refractivity contribution is 5.92. The molecule has 0 fully saturated rings. The highest BCUT2D eigenvalue weighted by Crippen LogP contribution is 2.32. The lowest BCUT2D eigenvalue weighted by Crippen LogP contribution is -2.27. The number of H-pyrrole nitrogens is 1. The molecule has 8 heteroatoms. The summed E-state index contributed by atoms with van der Waals surface area (Å²) in [5.41, 5.74) is 0.781. The topological polar surface area (TPSA) is 74.8 Å². The molecule has 0 spiro atoms. The number of amides is 1. The minimum Gasteiger partial charge on any atom is -0.347 e. The Kier molecular flexibility index (Phi) is 5.54. The maximum absolute atomic E-state index is 12.9. The Morgan fingerprint density at radius 1 is 1.07 bits per heavy atom. The molecular formula is C21H18F3N3O2. The van der Waals surface area contributed by atoms with Crippen LogP contribution in [0.5, 0.6) is 0 Å². The average Bonchev–Trinajstić information content (AvgIpc) is 2.66. The van der Waals surface area contributed by atoms with Crippen molar-refractivity contribution in [1.82, 2.24) is 15.3 Å². The van der Waals surface area contributed by atoms with Crippen molar-refractivity contribution in [2.45, 2.75) is 26.6 Å². The summed E-state index contributed by atoms with van der Waals surface area (Å²) < 4.78 is 38.8. The van der Waals surface area contributed by atoms with Gasteiger partial charge in [0.05, 0.1) is 5.56 Å². The van der Waals surface area contributed by atoms with Crippen molar-refractivity contribution in [3.05, 3.63) is 86.8 Å². The minimum atomic E-state index is -4.43. The van der Waals surface area contributed by atoms with Crippen molar-refractivity contribution in [3.63, 3.8) is 0 Å². The Labute approximate surface area is 164 Å². The van der Waals surface area contributed by atoms with Crippen LogP contribution in [0.3, 0.4) is 0 Å². The van der Waals surface area contributed by atoms with Crippen molar-refractivity contribution in [2.24, 2.45) is 0 Å². The van der Waals surface area contributed by atoms with Gasteiger partial charge in [-0.15, -0.1) is 0 Å². The van der Waals surface area contributed by atoms with Crippen molar-refractivity contribution < 1.29 is 18.0 Å². The van der Waals surface area contributed by atoms with Gasteiger partial charge in [-0.25, -0.2) is 4.98 Å². The molecule has 3 rings (SSSR count). The second kappa shape index (κ2) is 7.90. The first kappa shape index (κ1) is 20.3. The van der Waals surface area contributed by atoms with E-state index >= 15 is 0 Å². The standard InChI is InChI=1S/C21H18F3N3O2/c1-12-8-15(21(22,23)24)9-13(2)16(12)11-25-20(29)17-10-18(28)27-19(26-17)14-6-4-3-5-7-14/h3-10H,11H2,1-2H3,(H,25,29)(H,26,27,28). The van der Waals surface area contributed by atoms with Crippen molar-refractivity contribution in [2.75, 3.05) is 0 Å². The van der Waals surface area contributed by atoms with Crippen molar-refractivity contribution in [1.29, 1.82) is 0 Å². The number of alkyl halides is 3. The molecule has 0 aliphatic heterocycles. The third-order valence-corrected chi connectivity index (χ3v) is 4.47. The lowest BCUT2D eigenvalue weighted by Gasteiger charge is -2.15. The SMILES string of the molecule is Cc1cc(C(F)(F)F)cc(C)c1CNC(=O)c1cc(=O)[nH]c(-c2ccccc2)n1. The number of nitrogens with zero attached hydrogens (tertiary/aromatic N) is 1. The first-order chi connectivity index (χ1) is 13.6. The number of hydrogen-bond donors (Lipinski definition) is 2. The minimum absolute atomic E-state index is 0.0176. The van der Waals surface area contributed by atoms with E-state index < -0.39 is 23.2 Å². The molecule has 0 unspecified atom stereocenters. The van der Waals surface area contributed by atoms with Crippen LogP contribution >= 0.6 is 0 Å². The molecule has 0 bridgehead atoms. The first-order valence-electron chi connectivity index (χ1n) is 8.77. The van der Waals surface area contributed by atoms with E-state index in [2.05, 4.69) is 15.3 Å². The molecule has 0 saturated carbocycles. The molecule has 0 atom stereocenters. The van der Waals surface area contributed by atoms with Gasteiger partial charge in [-0.3, -0.25) is 9.59 Å². The molecule has 3 aromatic rings. The fraction of sp³-hybridized carbons (Fsp3) is 0.190. The van der Waals surface area contributed by atoms with Gasteiger partial charge in [-0.1, -0.05) is 30.3 Å². The number of rotatable bonds is 4. The molecule has 29 heavy (non-hydrogen) atoms. The molecule has 5 nitrogen and oxygen atoms in total. The van der Waals surface area contributed by atoms with Gasteiger partial charge in [-0.2, -0.15) is 13.2 Å². The van der Waals surface area contributed by atoms with Crippen molar-refractivity contribution >= 4 is 5.91 Å². The maximum atomic E-state index is 12.9. The summed E-state index contributed by atoms with van der Waals surface area (Å²) in [6.07, 6.45) is -4.43. The Morgan fingerprint density at radius 2 is 1.69 bits per heavy atom. The third kappa shape index (κ3) is 4.71. The van der Waals surface area contributed by atoms with Crippen LogP contribution in [0.25, 0.3) is 11.4 Å². The molecule has 2 N–H and O–H groups in total. The van der Waals surface area contributed by atoms with E-state index in [4.69, 9.17) is 0 Å². The normalized spacial score (nSPS) is 11.3. The van der Waals surface area contributed by atoms with Crippen LogP contribution in [0.4, 0.5) is 13.2 Å². The maximum Gasteiger partial charge on any atom is 0.416 e. The van der Waals surface area contributed by atoms with Gasteiger partial charge in [0, 0.05) is 18.2 Å². The van der Waals surface area contributed by atoms with E-state index in [1.165, 1.54) is 0 Å². The predicted molar refractivity (Wildman–Crippen MR) is 102 cm³/mol. The summed E-state index contributed by atoms with van der Waals surface area (Å²) in [5.74, 6) is -0.336. The number of carbonyl (C=O) groups excluding carboxylic acids is 1. The summed E-state index contributed by atoms with van der Waals surface area (Å²) in [6, 6.07) is 12.0. The Bertz CT molecular complexity index is 1080. The molecule has 0 aliphatic rings. The van der Waals surface area contributed by atoms with Crippen LogP contribution in [0.2, 0.25) is 0 Å². The van der Waals surface area contributed by atoms with E-state index in [9.17, 15) is 22.8 Å². The number of benzene rings is 2. The van der Waals surface area contributed by atoms with Gasteiger partial charge in [-0.05, 0) is 42.7 Å². The van der Waals surface area contributed by atoms with Gasteiger partial charge in [0.25, 0.3) is 11.5 Å². The lowest BCUT2D eigenvalue weighted by molar-refractivity contribution is -0.137. The summed E-state index contributed by atoms with van der Waals surface area (Å²) in [5, 5.41) is 2.63. The zero-order valence-electron chi connectivity index (χ0n) is 15.7. The molecule has 0 radical (unpaired) electrons. The monoisotopic (exact) mass is 401 g/mol. The third-order valence-electron chi connectivity index (χ3n) is 4.47. The zero-order chi connectivity index (χ0) is 21.2. The summed E-state index contributed by atoms with van der Waals surface area (Å²) in [7, 11) is 0. The van der Waals surface area contributed by atoms with Gasteiger partial charge in [0.1, 0.15) is 11.5 Å². The van der Waals surface area contributed by atoms with Crippen LogP contribution < -0.4 is 10.9 Å². The Morgan fingerprint density at radius 3 is 2.28 bits per heavy atom. The molecule has 0 aliphatic carbocycles. The number of aryl methyl sites for hydroxylation is 2. The number of carbonyl (C=O) groups is 1. The second-order valence-corrected chi connectivity index (χ2v) is 6.61. The predicted octanol–water partition coefficient (Wildman–Crippen LogP) is 4.00. The lowest BCUT2D eigenvalue weighted by atomic mass is 9.99. The number of nitrogens with one attached hydrogen (secondary N) is 2. The highest BCUT2D eigenvalue weighted by Gasteiger charge is 2.31. The summed E-state index contributed by atoms with van der Waals surface area (Å²) >= 11 is 0. The number of halogens is 3. The van der Waals surface area contributed by atoms with Crippen LogP contribution in [-0.4, -0.2) is 15.9 Å². The van der Waals surface area contributed by atoms with Crippen molar-refractivity contribution in [3.8, 4) is 11.4 Å². The van der Waals surface area contributed by atoms with Gasteiger partial charge < -0.3 is 10.3 Å². The van der Waals surface area contributed by atoms with E-state index in [0.717, 1.165) is 18.2 Å². The van der Waals surface area contributed by atoms with Gasteiger partial charge >= 0.3 is 6.18 Å². The molecule has 2 aromatic carbocycles.